The van der Waals surface area contributed by atoms with Crippen LogP contribution in [0.3, 0.4) is 0 Å². The molecule has 3 unspecified atom stereocenters. The predicted molar refractivity (Wildman–Crippen MR) is 77.7 cm³/mol. The summed E-state index contributed by atoms with van der Waals surface area (Å²) in [6.07, 6.45) is 4.70. The topological polar surface area (TPSA) is 21.3 Å². The molecule has 0 spiro atoms. The molecule has 0 amide bonds. The van der Waals surface area contributed by atoms with Crippen LogP contribution in [0.5, 0.6) is 0 Å². The van der Waals surface area contributed by atoms with Crippen LogP contribution in [0.2, 0.25) is 0 Å². The highest BCUT2D eigenvalue weighted by atomic mass is 16.5. The van der Waals surface area contributed by atoms with Crippen molar-refractivity contribution in [3.63, 3.8) is 0 Å². The number of nitrogens with one attached hydrogen (secondary N) is 1. The second-order valence-electron chi connectivity index (χ2n) is 5.35. The largest absolute Gasteiger partial charge is 0.378 e. The van der Waals surface area contributed by atoms with Gasteiger partial charge >= 0.3 is 0 Å². The molecule has 2 aliphatic heterocycles. The summed E-state index contributed by atoms with van der Waals surface area (Å²) in [7, 11) is 0. The van der Waals surface area contributed by atoms with Crippen molar-refractivity contribution < 1.29 is 4.74 Å². The van der Waals surface area contributed by atoms with Gasteiger partial charge in [-0.05, 0) is 30.9 Å². The Morgan fingerprint density at radius 1 is 1.32 bits per heavy atom. The van der Waals surface area contributed by atoms with Gasteiger partial charge in [0.2, 0.25) is 0 Å². The van der Waals surface area contributed by atoms with Gasteiger partial charge in [-0.25, -0.2) is 0 Å². The lowest BCUT2D eigenvalue weighted by Crippen LogP contribution is -2.46. The number of rotatable bonds is 1. The molecule has 2 heteroatoms. The van der Waals surface area contributed by atoms with E-state index in [4.69, 9.17) is 4.74 Å². The van der Waals surface area contributed by atoms with Gasteiger partial charge in [0, 0.05) is 18.2 Å². The molecule has 1 aromatic rings. The standard InChI is InChI=1S/C17H21NO/c1-3-14-12(2)18-16(13-8-5-4-6-9-13)15-10-7-11-19-17(14)15/h3-6,8-9,15-18H,2,7,10-11H2,1H3/b14-3+. The number of allylic oxidation sites excluding steroid dienone is 1. The quantitative estimate of drug-likeness (QED) is 0.828. The maximum absolute atomic E-state index is 6.04. The summed E-state index contributed by atoms with van der Waals surface area (Å²) in [4.78, 5) is 0. The van der Waals surface area contributed by atoms with Crippen LogP contribution in [0.4, 0.5) is 0 Å². The Morgan fingerprint density at radius 3 is 2.84 bits per heavy atom. The van der Waals surface area contributed by atoms with E-state index < -0.39 is 0 Å². The molecule has 19 heavy (non-hydrogen) atoms. The van der Waals surface area contributed by atoms with Gasteiger partial charge in [-0.15, -0.1) is 0 Å². The zero-order chi connectivity index (χ0) is 13.2. The first-order chi connectivity index (χ1) is 9.31. The van der Waals surface area contributed by atoms with Crippen LogP contribution in [0, 0.1) is 5.92 Å². The fraction of sp³-hybridized carbons (Fsp3) is 0.412. The minimum Gasteiger partial charge on any atom is -0.378 e. The second kappa shape index (κ2) is 5.22. The first kappa shape index (κ1) is 12.5. The minimum absolute atomic E-state index is 0.206. The van der Waals surface area contributed by atoms with Gasteiger partial charge in [0.05, 0.1) is 12.1 Å². The summed E-state index contributed by atoms with van der Waals surface area (Å²) in [6, 6.07) is 11.0. The first-order valence-corrected chi connectivity index (χ1v) is 7.10. The monoisotopic (exact) mass is 255 g/mol. The van der Waals surface area contributed by atoms with Crippen molar-refractivity contribution >= 4 is 0 Å². The first-order valence-electron chi connectivity index (χ1n) is 7.10. The molecule has 2 fully saturated rings. The molecule has 0 saturated carbocycles. The number of fused-ring (bicyclic) bond motifs is 1. The van der Waals surface area contributed by atoms with Crippen LogP contribution in [-0.4, -0.2) is 12.7 Å². The van der Waals surface area contributed by atoms with Crippen molar-refractivity contribution in [1.29, 1.82) is 0 Å². The maximum Gasteiger partial charge on any atom is 0.0892 e. The summed E-state index contributed by atoms with van der Waals surface area (Å²) in [5, 5.41) is 3.59. The Hall–Kier alpha value is -1.54. The van der Waals surface area contributed by atoms with E-state index in [1.54, 1.807) is 0 Å². The fourth-order valence-corrected chi connectivity index (χ4v) is 3.35. The molecule has 0 aliphatic carbocycles. The highest BCUT2D eigenvalue weighted by Crippen LogP contribution is 2.41. The molecule has 2 aliphatic rings. The molecule has 0 aromatic heterocycles. The highest BCUT2D eigenvalue weighted by Gasteiger charge is 2.40. The van der Waals surface area contributed by atoms with Gasteiger partial charge in [-0.2, -0.15) is 0 Å². The van der Waals surface area contributed by atoms with Crippen LogP contribution in [0.1, 0.15) is 31.4 Å². The van der Waals surface area contributed by atoms with Crippen molar-refractivity contribution in [3.05, 3.63) is 59.8 Å². The Labute approximate surface area is 115 Å². The Balaban J connectivity index is 1.95. The third kappa shape index (κ3) is 2.21. The van der Waals surface area contributed by atoms with Crippen LogP contribution in [0.25, 0.3) is 0 Å². The number of piperidine rings is 1. The maximum atomic E-state index is 6.04. The molecule has 2 nitrogen and oxygen atoms in total. The van der Waals surface area contributed by atoms with E-state index in [2.05, 4.69) is 55.2 Å². The van der Waals surface area contributed by atoms with Gasteiger partial charge < -0.3 is 10.1 Å². The van der Waals surface area contributed by atoms with E-state index in [-0.39, 0.29) is 6.10 Å². The van der Waals surface area contributed by atoms with Crippen molar-refractivity contribution in [1.82, 2.24) is 5.32 Å². The lowest BCUT2D eigenvalue weighted by Gasteiger charge is -2.44. The van der Waals surface area contributed by atoms with Gasteiger partial charge in [0.25, 0.3) is 0 Å². The van der Waals surface area contributed by atoms with E-state index in [0.717, 1.165) is 18.7 Å². The highest BCUT2D eigenvalue weighted by molar-refractivity contribution is 5.38. The molecular formula is C17H21NO. The molecule has 2 saturated heterocycles. The summed E-state index contributed by atoms with van der Waals surface area (Å²) < 4.78 is 6.04. The molecule has 100 valence electrons. The van der Waals surface area contributed by atoms with Gasteiger partial charge in [0.15, 0.2) is 0 Å². The summed E-state index contributed by atoms with van der Waals surface area (Å²) in [5.74, 6) is 0.507. The van der Waals surface area contributed by atoms with E-state index in [1.807, 2.05) is 0 Å². The third-order valence-corrected chi connectivity index (χ3v) is 4.25. The van der Waals surface area contributed by atoms with Crippen molar-refractivity contribution in [3.8, 4) is 0 Å². The summed E-state index contributed by atoms with van der Waals surface area (Å²) >= 11 is 0. The number of benzene rings is 1. The minimum atomic E-state index is 0.206. The molecule has 0 bridgehead atoms. The molecule has 1 N–H and O–H groups in total. The van der Waals surface area contributed by atoms with E-state index >= 15 is 0 Å². The molecule has 3 atom stereocenters. The predicted octanol–water partition coefficient (Wildman–Crippen LogP) is 3.59. The van der Waals surface area contributed by atoms with E-state index in [0.29, 0.717) is 12.0 Å². The Kier molecular flexibility index (Phi) is 3.43. The molecule has 0 radical (unpaired) electrons. The van der Waals surface area contributed by atoms with Gasteiger partial charge in [-0.3, -0.25) is 0 Å². The summed E-state index contributed by atoms with van der Waals surface area (Å²) in [6.45, 7) is 7.11. The fourth-order valence-electron chi connectivity index (χ4n) is 3.35. The normalized spacial score (nSPS) is 32.8. The van der Waals surface area contributed by atoms with Gasteiger partial charge in [0.1, 0.15) is 0 Å². The number of hydrogen-bond donors (Lipinski definition) is 1. The molecule has 3 rings (SSSR count). The number of ether oxygens (including phenoxy) is 1. The van der Waals surface area contributed by atoms with Crippen LogP contribution >= 0.6 is 0 Å². The lowest BCUT2D eigenvalue weighted by molar-refractivity contribution is -0.0234. The molecule has 1 aromatic carbocycles. The smallest absolute Gasteiger partial charge is 0.0892 e. The van der Waals surface area contributed by atoms with Crippen molar-refractivity contribution in [2.24, 2.45) is 5.92 Å². The third-order valence-electron chi connectivity index (χ3n) is 4.25. The SMILES string of the molecule is C=C1NC(c2ccccc2)C2CCCOC2/C1=C/C. The Morgan fingerprint density at radius 2 is 2.11 bits per heavy atom. The van der Waals surface area contributed by atoms with Gasteiger partial charge in [-0.1, -0.05) is 43.0 Å². The average molecular weight is 255 g/mol. The van der Waals surface area contributed by atoms with E-state index in [1.165, 1.54) is 17.6 Å². The van der Waals surface area contributed by atoms with Crippen molar-refractivity contribution in [2.45, 2.75) is 31.9 Å². The number of hydrogen-bond acceptors (Lipinski definition) is 2. The van der Waals surface area contributed by atoms with Crippen LogP contribution in [0.15, 0.2) is 54.3 Å². The van der Waals surface area contributed by atoms with Crippen LogP contribution in [-0.2, 0) is 4.74 Å². The molecular weight excluding hydrogens is 234 g/mol. The van der Waals surface area contributed by atoms with Crippen molar-refractivity contribution in [2.75, 3.05) is 6.61 Å². The molecule has 2 heterocycles. The van der Waals surface area contributed by atoms with E-state index in [9.17, 15) is 0 Å². The lowest BCUT2D eigenvalue weighted by atomic mass is 9.77. The average Bonchev–Trinajstić information content (AvgIpc) is 2.47. The zero-order valence-electron chi connectivity index (χ0n) is 11.4. The summed E-state index contributed by atoms with van der Waals surface area (Å²) in [5.41, 5.74) is 3.58. The zero-order valence-corrected chi connectivity index (χ0v) is 11.4. The second-order valence-corrected chi connectivity index (χ2v) is 5.35. The Bertz CT molecular complexity index is 491. The van der Waals surface area contributed by atoms with Crippen LogP contribution < -0.4 is 5.32 Å².